The van der Waals surface area contributed by atoms with E-state index in [0.29, 0.717) is 0 Å². The van der Waals surface area contributed by atoms with Crippen molar-refractivity contribution >= 4 is 120 Å². The molecule has 0 amide bonds. The molecule has 0 spiro atoms. The number of fused-ring (bicyclic) bond motifs is 18. The van der Waals surface area contributed by atoms with Crippen molar-refractivity contribution in [2.24, 2.45) is 0 Å². The third kappa shape index (κ3) is 4.36. The van der Waals surface area contributed by atoms with E-state index in [1.807, 2.05) is 0 Å². The van der Waals surface area contributed by atoms with Gasteiger partial charge in [-0.05, 0) is 72.8 Å². The molecule has 0 atom stereocenters. The molecule has 0 fully saturated rings. The van der Waals surface area contributed by atoms with Crippen LogP contribution in [0.4, 0.5) is 0 Å². The van der Waals surface area contributed by atoms with Gasteiger partial charge in [-0.15, -0.1) is 0 Å². The lowest BCUT2D eigenvalue weighted by molar-refractivity contribution is 1.18. The number of hydrogen-bond donors (Lipinski definition) is 0. The Morgan fingerprint density at radius 1 is 0.188 bits per heavy atom. The van der Waals surface area contributed by atoms with Gasteiger partial charge in [-0.3, -0.25) is 0 Å². The highest BCUT2D eigenvalue weighted by molar-refractivity contribution is 6.25. The van der Waals surface area contributed by atoms with Crippen LogP contribution in [-0.2, 0) is 0 Å². The molecule has 0 radical (unpaired) electrons. The zero-order chi connectivity index (χ0) is 41.6. The second-order valence-electron chi connectivity index (χ2n) is 17.3. The fraction of sp³-hybridized carbons (Fsp3) is 0. The van der Waals surface area contributed by atoms with Gasteiger partial charge in [-0.1, -0.05) is 146 Å². The SMILES string of the molecule is c1ccc2c(c1)c1ccccc1n2-c1ccc2c(c1)c1cccc3c4ccccc4n4c5ccc(-n6c7ccccc7c7ccccc76)cc5c5cccc(c6ccccc6n2c31)c54. The molecular formula is C60H36N4. The van der Waals surface area contributed by atoms with Gasteiger partial charge < -0.3 is 17.9 Å². The van der Waals surface area contributed by atoms with Crippen LogP contribution in [0.5, 0.6) is 0 Å². The highest BCUT2D eigenvalue weighted by Gasteiger charge is 2.20. The first-order valence-electron chi connectivity index (χ1n) is 22.1. The van der Waals surface area contributed by atoms with Crippen LogP contribution in [0.3, 0.4) is 0 Å². The Balaban J connectivity index is 1.12. The molecule has 0 aliphatic carbocycles. The summed E-state index contributed by atoms with van der Waals surface area (Å²) < 4.78 is 9.94. The lowest BCUT2D eigenvalue weighted by Crippen LogP contribution is -1.94. The average Bonchev–Trinajstić information content (AvgIpc) is 4.08. The van der Waals surface area contributed by atoms with E-state index >= 15 is 0 Å². The van der Waals surface area contributed by atoms with E-state index in [1.54, 1.807) is 0 Å². The number of hydrogen-bond acceptors (Lipinski definition) is 0. The Bertz CT molecular complexity index is 4150. The highest BCUT2D eigenvalue weighted by Crippen LogP contribution is 2.42. The van der Waals surface area contributed by atoms with E-state index in [2.05, 4.69) is 236 Å². The minimum absolute atomic E-state index is 1.15. The van der Waals surface area contributed by atoms with Gasteiger partial charge in [-0.25, -0.2) is 0 Å². The molecule has 0 saturated carbocycles. The Morgan fingerprint density at radius 2 is 0.438 bits per heavy atom. The van der Waals surface area contributed by atoms with Crippen LogP contribution >= 0.6 is 0 Å². The first-order chi connectivity index (χ1) is 31.8. The molecule has 5 heterocycles. The van der Waals surface area contributed by atoms with Crippen molar-refractivity contribution in [3.05, 3.63) is 218 Å². The van der Waals surface area contributed by atoms with Crippen LogP contribution in [-0.4, -0.2) is 17.9 Å². The molecule has 0 bridgehead atoms. The van der Waals surface area contributed by atoms with Crippen molar-refractivity contribution in [3.8, 4) is 11.4 Å². The van der Waals surface area contributed by atoms with Gasteiger partial charge in [0.2, 0.25) is 0 Å². The van der Waals surface area contributed by atoms with Crippen LogP contribution < -0.4 is 0 Å². The summed E-state index contributed by atoms with van der Waals surface area (Å²) in [4.78, 5) is 0. The molecule has 0 N–H and O–H groups in total. The normalized spacial score (nSPS) is 12.4. The fourth-order valence-electron chi connectivity index (χ4n) is 11.5. The van der Waals surface area contributed by atoms with E-state index < -0.39 is 0 Å². The number of aromatic nitrogens is 4. The number of nitrogens with zero attached hydrogens (tertiary/aromatic N) is 4. The molecule has 296 valence electrons. The van der Waals surface area contributed by atoms with Crippen molar-refractivity contribution in [2.45, 2.75) is 0 Å². The molecular weight excluding hydrogens is 777 g/mol. The summed E-state index contributed by atoms with van der Waals surface area (Å²) in [5.74, 6) is 0. The summed E-state index contributed by atoms with van der Waals surface area (Å²) >= 11 is 0. The lowest BCUT2D eigenvalue weighted by Gasteiger charge is -2.11. The van der Waals surface area contributed by atoms with Crippen molar-refractivity contribution in [1.82, 2.24) is 17.9 Å². The molecule has 64 heavy (non-hydrogen) atoms. The Kier molecular flexibility index (Phi) is 6.65. The minimum Gasteiger partial charge on any atom is -0.309 e. The number of benzene rings is 10. The molecule has 4 heteroatoms. The Hall–Kier alpha value is -8.60. The van der Waals surface area contributed by atoms with Crippen molar-refractivity contribution < 1.29 is 0 Å². The quantitative estimate of drug-likeness (QED) is 0.166. The van der Waals surface area contributed by atoms with E-state index in [9.17, 15) is 0 Å². The van der Waals surface area contributed by atoms with Gasteiger partial charge in [0.1, 0.15) is 0 Å². The van der Waals surface area contributed by atoms with E-state index in [0.717, 1.165) is 22.4 Å². The van der Waals surface area contributed by atoms with Gasteiger partial charge in [0.25, 0.3) is 0 Å². The molecule has 15 rings (SSSR count). The molecule has 0 aliphatic heterocycles. The van der Waals surface area contributed by atoms with Crippen LogP contribution in [0.1, 0.15) is 0 Å². The Morgan fingerprint density at radius 3 is 0.781 bits per heavy atom. The summed E-state index contributed by atoms with van der Waals surface area (Å²) in [7, 11) is 0. The van der Waals surface area contributed by atoms with Gasteiger partial charge >= 0.3 is 0 Å². The topological polar surface area (TPSA) is 18.7 Å². The Labute approximate surface area is 365 Å². The zero-order valence-electron chi connectivity index (χ0n) is 34.6. The predicted molar refractivity (Wildman–Crippen MR) is 271 cm³/mol. The summed E-state index contributed by atoms with van der Waals surface area (Å²) in [6, 6.07) is 81.1. The minimum atomic E-state index is 1.15. The van der Waals surface area contributed by atoms with Crippen LogP contribution in [0.15, 0.2) is 218 Å². The molecule has 0 aliphatic rings. The van der Waals surface area contributed by atoms with Gasteiger partial charge in [0.15, 0.2) is 0 Å². The molecule has 4 nitrogen and oxygen atoms in total. The lowest BCUT2D eigenvalue weighted by atomic mass is 10.1. The predicted octanol–water partition coefficient (Wildman–Crippen LogP) is 15.9. The van der Waals surface area contributed by atoms with Gasteiger partial charge in [0, 0.05) is 76.0 Å². The average molecular weight is 813 g/mol. The third-order valence-corrected chi connectivity index (χ3v) is 14.1. The van der Waals surface area contributed by atoms with Gasteiger partial charge in [-0.2, -0.15) is 0 Å². The summed E-state index contributed by atoms with van der Waals surface area (Å²) in [5, 5.41) is 14.8. The molecule has 15 aromatic rings. The second kappa shape index (κ2) is 12.5. The highest BCUT2D eigenvalue weighted by atomic mass is 15.0. The summed E-state index contributed by atoms with van der Waals surface area (Å²) in [6.07, 6.45) is 0. The molecule has 10 aromatic carbocycles. The van der Waals surface area contributed by atoms with Gasteiger partial charge in [0.05, 0.1) is 55.2 Å². The number of para-hydroxylation sites is 8. The zero-order valence-corrected chi connectivity index (χ0v) is 34.6. The fourth-order valence-corrected chi connectivity index (χ4v) is 11.5. The van der Waals surface area contributed by atoms with Crippen LogP contribution in [0.25, 0.3) is 131 Å². The van der Waals surface area contributed by atoms with Crippen LogP contribution in [0, 0.1) is 0 Å². The van der Waals surface area contributed by atoms with E-state index in [-0.39, 0.29) is 0 Å². The first-order valence-corrected chi connectivity index (χ1v) is 22.1. The first kappa shape index (κ1) is 34.0. The summed E-state index contributed by atoms with van der Waals surface area (Å²) in [6.45, 7) is 0. The van der Waals surface area contributed by atoms with Crippen molar-refractivity contribution in [3.63, 3.8) is 0 Å². The number of rotatable bonds is 2. The van der Waals surface area contributed by atoms with Crippen molar-refractivity contribution in [2.75, 3.05) is 0 Å². The molecule has 0 saturated heterocycles. The monoisotopic (exact) mass is 812 g/mol. The maximum Gasteiger partial charge on any atom is 0.0620 e. The standard InChI is InChI=1S/C60H36N4/c1-7-25-51-39(15-1)40-16-2-8-26-52(40)61(51)37-31-33-57-49(35-37)47-23-13-21-45-43-19-6-12-30-56(43)64-58-34-32-38(62-53-27-9-3-17-41(53)42-18-4-10-28-54(42)62)36-50(58)48-24-14-22-46(60(48)64)44-20-5-11-29-55(44)63(57)59(45)47/h1-36H. The third-order valence-electron chi connectivity index (χ3n) is 14.1. The van der Waals surface area contributed by atoms with Crippen LogP contribution in [0.2, 0.25) is 0 Å². The smallest absolute Gasteiger partial charge is 0.0620 e. The maximum atomic E-state index is 2.54. The van der Waals surface area contributed by atoms with E-state index in [4.69, 9.17) is 0 Å². The summed E-state index contributed by atoms with van der Waals surface area (Å²) in [5.41, 5.74) is 14.2. The molecule has 5 aromatic heterocycles. The van der Waals surface area contributed by atoms with E-state index in [1.165, 1.54) is 109 Å². The second-order valence-corrected chi connectivity index (χ2v) is 17.3. The largest absolute Gasteiger partial charge is 0.309 e. The molecule has 0 unspecified atom stereocenters. The maximum absolute atomic E-state index is 2.54. The van der Waals surface area contributed by atoms with Crippen molar-refractivity contribution in [1.29, 1.82) is 0 Å².